The molecule has 1 heterocycles. The van der Waals surface area contributed by atoms with Gasteiger partial charge in [0.1, 0.15) is 17.2 Å². The summed E-state index contributed by atoms with van der Waals surface area (Å²) >= 11 is 1.48. The van der Waals surface area contributed by atoms with Gasteiger partial charge in [0, 0.05) is 32.6 Å². The number of carboxylic acids is 1. The number of guanidine groups is 1. The van der Waals surface area contributed by atoms with Crippen LogP contribution in [-0.2, 0) is 17.5 Å². The molecule has 3 aromatic carbocycles. The van der Waals surface area contributed by atoms with Gasteiger partial charge < -0.3 is 30.9 Å². The molecule has 0 saturated heterocycles. The van der Waals surface area contributed by atoms with E-state index in [2.05, 4.69) is 9.98 Å². The molecule has 0 saturated carbocycles. The van der Waals surface area contributed by atoms with Gasteiger partial charge in [0.2, 0.25) is 0 Å². The molecule has 0 bridgehead atoms. The van der Waals surface area contributed by atoms with Crippen LogP contribution in [0.4, 0.5) is 31.5 Å². The maximum Gasteiger partial charge on any atom is 0.490 e. The van der Waals surface area contributed by atoms with Crippen LogP contribution < -0.4 is 25.8 Å². The summed E-state index contributed by atoms with van der Waals surface area (Å²) in [7, 11) is 1.95. The molecular weight excluding hydrogens is 616 g/mol. The molecular formula is C28H27F6N5O4S. The second-order valence-corrected chi connectivity index (χ2v) is 10.1. The maximum absolute atomic E-state index is 13.0. The Morgan fingerprint density at radius 2 is 1.61 bits per heavy atom. The SMILES string of the molecule is CN(Cc1ccc(OCCCN=C(N)N)cc1)c1nc2ccc(Oc3cccc(C(F)(F)F)c3)cc2s1.O=C(O)C(F)(F)F. The molecule has 0 amide bonds. The van der Waals surface area contributed by atoms with E-state index in [9.17, 15) is 26.3 Å². The number of alkyl halides is 6. The number of carbonyl (C=O) groups is 1. The van der Waals surface area contributed by atoms with Crippen molar-refractivity contribution in [1.29, 1.82) is 0 Å². The van der Waals surface area contributed by atoms with Crippen molar-refractivity contribution in [3.8, 4) is 17.2 Å². The van der Waals surface area contributed by atoms with Crippen molar-refractivity contribution < 1.29 is 45.7 Å². The number of anilines is 1. The van der Waals surface area contributed by atoms with Crippen molar-refractivity contribution in [2.75, 3.05) is 25.1 Å². The third-order valence-corrected chi connectivity index (χ3v) is 6.66. The highest BCUT2D eigenvalue weighted by Crippen LogP contribution is 2.35. The van der Waals surface area contributed by atoms with Gasteiger partial charge in [0.15, 0.2) is 11.1 Å². The van der Waals surface area contributed by atoms with Gasteiger partial charge in [0.05, 0.1) is 22.4 Å². The summed E-state index contributed by atoms with van der Waals surface area (Å²) in [5.41, 5.74) is 11.7. The molecule has 0 aliphatic heterocycles. The van der Waals surface area contributed by atoms with Gasteiger partial charge in [-0.25, -0.2) is 9.78 Å². The van der Waals surface area contributed by atoms with Crippen molar-refractivity contribution >= 4 is 38.6 Å². The van der Waals surface area contributed by atoms with E-state index in [4.69, 9.17) is 30.8 Å². The molecule has 16 heteroatoms. The molecule has 1 aromatic heterocycles. The molecule has 4 rings (SSSR count). The van der Waals surface area contributed by atoms with Gasteiger partial charge in [0.25, 0.3) is 0 Å². The topological polar surface area (TPSA) is 136 Å². The van der Waals surface area contributed by atoms with Crippen molar-refractivity contribution in [2.45, 2.75) is 25.3 Å². The van der Waals surface area contributed by atoms with Crippen molar-refractivity contribution in [2.24, 2.45) is 16.5 Å². The van der Waals surface area contributed by atoms with Gasteiger partial charge in [-0.3, -0.25) is 4.99 Å². The molecule has 0 aliphatic carbocycles. The van der Waals surface area contributed by atoms with Crippen LogP contribution in [0.15, 0.2) is 71.7 Å². The Bertz CT molecular complexity index is 1570. The van der Waals surface area contributed by atoms with Crippen LogP contribution >= 0.6 is 11.3 Å². The first-order valence-corrected chi connectivity index (χ1v) is 13.5. The number of thiazole rings is 1. The summed E-state index contributed by atoms with van der Waals surface area (Å²) in [5, 5.41) is 7.94. The lowest BCUT2D eigenvalue weighted by atomic mass is 10.2. The summed E-state index contributed by atoms with van der Waals surface area (Å²) in [6, 6.07) is 17.9. The molecule has 0 atom stereocenters. The molecule has 0 radical (unpaired) electrons. The van der Waals surface area contributed by atoms with Crippen LogP contribution in [0.2, 0.25) is 0 Å². The highest BCUT2D eigenvalue weighted by atomic mass is 32.1. The zero-order chi connectivity index (χ0) is 32.5. The third kappa shape index (κ3) is 10.5. The Kier molecular flexibility index (Phi) is 11.2. The Morgan fingerprint density at radius 3 is 2.23 bits per heavy atom. The maximum atomic E-state index is 13.0. The minimum absolute atomic E-state index is 0.0745. The fraction of sp³-hybridized carbons (Fsp3) is 0.250. The van der Waals surface area contributed by atoms with E-state index in [1.54, 1.807) is 18.2 Å². The molecule has 0 unspecified atom stereocenters. The fourth-order valence-corrected chi connectivity index (χ4v) is 4.44. The van der Waals surface area contributed by atoms with Gasteiger partial charge >= 0.3 is 18.3 Å². The lowest BCUT2D eigenvalue weighted by Crippen LogP contribution is -2.23. The van der Waals surface area contributed by atoms with E-state index in [1.807, 2.05) is 36.2 Å². The number of halogens is 6. The first-order chi connectivity index (χ1) is 20.6. The first-order valence-electron chi connectivity index (χ1n) is 12.7. The average molecular weight is 644 g/mol. The number of benzene rings is 3. The van der Waals surface area contributed by atoms with Gasteiger partial charge in [-0.1, -0.05) is 29.5 Å². The van der Waals surface area contributed by atoms with Crippen LogP contribution in [0.1, 0.15) is 17.5 Å². The fourth-order valence-electron chi connectivity index (χ4n) is 3.49. The molecule has 9 nitrogen and oxygen atoms in total. The van der Waals surface area contributed by atoms with Crippen LogP contribution in [0.3, 0.4) is 0 Å². The summed E-state index contributed by atoms with van der Waals surface area (Å²) in [4.78, 5) is 19.5. The smallest absolute Gasteiger partial charge is 0.490 e. The second-order valence-electron chi connectivity index (χ2n) is 9.07. The predicted octanol–water partition coefficient (Wildman–Crippen LogP) is 6.42. The monoisotopic (exact) mass is 643 g/mol. The average Bonchev–Trinajstić information content (AvgIpc) is 3.37. The molecule has 236 valence electrons. The summed E-state index contributed by atoms with van der Waals surface area (Å²) in [5.74, 6) is -1.35. The lowest BCUT2D eigenvalue weighted by Gasteiger charge is -2.16. The zero-order valence-electron chi connectivity index (χ0n) is 23.0. The van der Waals surface area contributed by atoms with E-state index in [0.29, 0.717) is 31.9 Å². The quantitative estimate of drug-likeness (QED) is 0.0780. The summed E-state index contributed by atoms with van der Waals surface area (Å²) in [6.45, 7) is 1.67. The molecule has 0 spiro atoms. The van der Waals surface area contributed by atoms with Gasteiger partial charge in [-0.05, 0) is 48.0 Å². The zero-order valence-corrected chi connectivity index (χ0v) is 23.8. The van der Waals surface area contributed by atoms with E-state index in [1.165, 1.54) is 23.5 Å². The summed E-state index contributed by atoms with van der Waals surface area (Å²) < 4.78 is 82.9. The number of rotatable bonds is 10. The summed E-state index contributed by atoms with van der Waals surface area (Å²) in [6.07, 6.45) is -8.80. The standard InChI is InChI=1S/C26H26F3N5O2S.C2HF3O2/c1-34(16-17-6-8-19(9-7-17)35-13-3-12-32-24(30)31)25-33-22-11-10-21(15-23(22)37-25)36-20-5-2-4-18(14-20)26(27,28)29;3-2(4,5)1(6)7/h2,4-11,14-15H,3,12-13,16H2,1H3,(H4,30,31,32);(H,6,7). The number of aromatic nitrogens is 1. The number of hydrogen-bond acceptors (Lipinski definition) is 7. The number of hydrogen-bond donors (Lipinski definition) is 3. The normalized spacial score (nSPS) is 11.3. The predicted molar refractivity (Wildman–Crippen MR) is 154 cm³/mol. The number of nitrogens with two attached hydrogens (primary N) is 2. The first kappa shape index (κ1) is 33.8. The molecule has 5 N–H and O–H groups in total. The number of carboxylic acid groups (broad SMARTS) is 1. The number of aliphatic imine (C=N–C) groups is 1. The van der Waals surface area contributed by atoms with Gasteiger partial charge in [-0.2, -0.15) is 26.3 Å². The number of nitrogens with zero attached hydrogens (tertiary/aromatic N) is 3. The van der Waals surface area contributed by atoms with Crippen molar-refractivity contribution in [3.63, 3.8) is 0 Å². The minimum atomic E-state index is -5.08. The molecule has 0 aliphatic rings. The number of ether oxygens (including phenoxy) is 2. The van der Waals surface area contributed by atoms with Crippen LogP contribution in [-0.4, -0.2) is 48.4 Å². The van der Waals surface area contributed by atoms with Gasteiger partial charge in [-0.15, -0.1) is 0 Å². The number of aliphatic carboxylic acids is 1. The Balaban J connectivity index is 0.000000676. The largest absolute Gasteiger partial charge is 0.494 e. The van der Waals surface area contributed by atoms with E-state index in [0.717, 1.165) is 38.8 Å². The minimum Gasteiger partial charge on any atom is -0.494 e. The van der Waals surface area contributed by atoms with Crippen LogP contribution in [0.25, 0.3) is 10.2 Å². The van der Waals surface area contributed by atoms with E-state index < -0.39 is 23.9 Å². The Labute approximate surface area is 251 Å². The van der Waals surface area contributed by atoms with E-state index in [-0.39, 0.29) is 11.7 Å². The van der Waals surface area contributed by atoms with Crippen LogP contribution in [0, 0.1) is 0 Å². The molecule has 0 fully saturated rings. The van der Waals surface area contributed by atoms with Crippen LogP contribution in [0.5, 0.6) is 17.2 Å². The molecule has 4 aromatic rings. The lowest BCUT2D eigenvalue weighted by molar-refractivity contribution is -0.192. The highest BCUT2D eigenvalue weighted by Gasteiger charge is 2.38. The number of fused-ring (bicyclic) bond motifs is 1. The second kappa shape index (κ2) is 14.6. The highest BCUT2D eigenvalue weighted by molar-refractivity contribution is 7.22. The Hall–Kier alpha value is -4.73. The molecule has 44 heavy (non-hydrogen) atoms. The van der Waals surface area contributed by atoms with Crippen molar-refractivity contribution in [3.05, 3.63) is 77.9 Å². The van der Waals surface area contributed by atoms with E-state index >= 15 is 0 Å². The van der Waals surface area contributed by atoms with Crippen molar-refractivity contribution in [1.82, 2.24) is 4.98 Å². The third-order valence-electron chi connectivity index (χ3n) is 5.52. The Morgan fingerprint density at radius 1 is 0.977 bits per heavy atom.